The first-order chi connectivity index (χ1) is 13.2. The third kappa shape index (κ3) is 4.19. The van der Waals surface area contributed by atoms with Gasteiger partial charge in [-0.2, -0.15) is 0 Å². The Morgan fingerprint density at radius 2 is 1.74 bits per heavy atom. The molecule has 0 amide bonds. The number of hydrogen-bond acceptors (Lipinski definition) is 3. The van der Waals surface area contributed by atoms with E-state index in [1.807, 2.05) is 30.3 Å². The second-order valence-corrected chi connectivity index (χ2v) is 8.24. The molecule has 1 heterocycles. The Bertz CT molecular complexity index is 904. The van der Waals surface area contributed by atoms with Gasteiger partial charge in [0.1, 0.15) is 5.82 Å². The van der Waals surface area contributed by atoms with Crippen LogP contribution in [-0.2, 0) is 5.75 Å². The van der Waals surface area contributed by atoms with Crippen molar-refractivity contribution in [3.63, 3.8) is 0 Å². The highest BCUT2D eigenvalue weighted by atomic mass is 35.5. The number of halogens is 2. The average molecular weight is 402 g/mol. The first-order valence-corrected chi connectivity index (χ1v) is 10.7. The molecule has 0 saturated heterocycles. The van der Waals surface area contributed by atoms with Gasteiger partial charge in [-0.05, 0) is 42.7 Å². The second-order valence-electron chi connectivity index (χ2n) is 6.86. The normalized spacial score (nSPS) is 15.2. The Morgan fingerprint density at radius 1 is 1.00 bits per heavy atom. The van der Waals surface area contributed by atoms with Crippen LogP contribution in [0.2, 0.25) is 5.02 Å². The monoisotopic (exact) mass is 401 g/mol. The quantitative estimate of drug-likeness (QED) is 0.455. The molecule has 0 atom stereocenters. The van der Waals surface area contributed by atoms with Crippen molar-refractivity contribution in [2.75, 3.05) is 0 Å². The molecular formula is C21H21ClFN3S. The number of thioether (sulfide) groups is 1. The van der Waals surface area contributed by atoms with Crippen molar-refractivity contribution in [1.82, 2.24) is 14.8 Å². The molecular weight excluding hydrogens is 381 g/mol. The van der Waals surface area contributed by atoms with Gasteiger partial charge in [0.2, 0.25) is 0 Å². The summed E-state index contributed by atoms with van der Waals surface area (Å²) in [4.78, 5) is 0. The van der Waals surface area contributed by atoms with Crippen molar-refractivity contribution in [1.29, 1.82) is 0 Å². The van der Waals surface area contributed by atoms with E-state index in [0.717, 1.165) is 28.8 Å². The lowest BCUT2D eigenvalue weighted by atomic mass is 9.95. The van der Waals surface area contributed by atoms with Crippen LogP contribution in [0, 0.1) is 5.82 Å². The van der Waals surface area contributed by atoms with Crippen LogP contribution in [0.1, 0.15) is 43.7 Å². The van der Waals surface area contributed by atoms with Gasteiger partial charge in [-0.25, -0.2) is 4.39 Å². The number of aromatic nitrogens is 3. The summed E-state index contributed by atoms with van der Waals surface area (Å²) in [5, 5.41) is 10.4. The summed E-state index contributed by atoms with van der Waals surface area (Å²) < 4.78 is 16.6. The van der Waals surface area contributed by atoms with Crippen LogP contribution in [0.5, 0.6) is 0 Å². The van der Waals surface area contributed by atoms with Crippen LogP contribution in [-0.4, -0.2) is 14.8 Å². The Labute approximate surface area is 168 Å². The van der Waals surface area contributed by atoms with E-state index in [1.54, 1.807) is 23.9 Å². The first-order valence-electron chi connectivity index (χ1n) is 9.29. The van der Waals surface area contributed by atoms with Crippen molar-refractivity contribution in [2.24, 2.45) is 0 Å². The minimum atomic E-state index is -0.254. The van der Waals surface area contributed by atoms with Crippen molar-refractivity contribution < 1.29 is 4.39 Å². The lowest BCUT2D eigenvalue weighted by molar-refractivity contribution is 0.339. The predicted octanol–water partition coefficient (Wildman–Crippen LogP) is 6.54. The molecule has 1 fully saturated rings. The maximum atomic E-state index is 14.4. The van der Waals surface area contributed by atoms with Gasteiger partial charge < -0.3 is 0 Å². The molecule has 0 spiro atoms. The Morgan fingerprint density at radius 3 is 2.48 bits per heavy atom. The summed E-state index contributed by atoms with van der Waals surface area (Å²) in [5.74, 6) is 1.16. The minimum absolute atomic E-state index is 0.254. The molecule has 0 bridgehead atoms. The summed E-state index contributed by atoms with van der Waals surface area (Å²) in [6.07, 6.45) is 5.84. The molecule has 1 aliphatic carbocycles. The molecule has 0 aliphatic heterocycles. The van der Waals surface area contributed by atoms with Gasteiger partial charge in [0, 0.05) is 16.8 Å². The Hall–Kier alpha value is -1.85. The third-order valence-electron chi connectivity index (χ3n) is 5.00. The number of hydrogen-bond donors (Lipinski definition) is 0. The van der Waals surface area contributed by atoms with Gasteiger partial charge in [-0.3, -0.25) is 4.57 Å². The molecule has 0 unspecified atom stereocenters. The molecule has 0 N–H and O–H groups in total. The van der Waals surface area contributed by atoms with E-state index in [0.29, 0.717) is 17.4 Å². The molecule has 0 radical (unpaired) electrons. The summed E-state index contributed by atoms with van der Waals surface area (Å²) >= 11 is 7.62. The smallest absolute Gasteiger partial charge is 0.192 e. The Balaban J connectivity index is 1.66. The maximum Gasteiger partial charge on any atom is 0.192 e. The van der Waals surface area contributed by atoms with E-state index >= 15 is 0 Å². The average Bonchev–Trinajstić information content (AvgIpc) is 3.12. The summed E-state index contributed by atoms with van der Waals surface area (Å²) in [7, 11) is 0. The van der Waals surface area contributed by atoms with Crippen LogP contribution in [0.4, 0.5) is 4.39 Å². The first kappa shape index (κ1) is 18.5. The predicted molar refractivity (Wildman–Crippen MR) is 109 cm³/mol. The lowest BCUT2D eigenvalue weighted by Gasteiger charge is -2.25. The van der Waals surface area contributed by atoms with Crippen LogP contribution in [0.3, 0.4) is 0 Å². The van der Waals surface area contributed by atoms with E-state index in [9.17, 15) is 4.39 Å². The molecule has 1 aliphatic rings. The fourth-order valence-electron chi connectivity index (χ4n) is 3.60. The zero-order chi connectivity index (χ0) is 18.6. The lowest BCUT2D eigenvalue weighted by Crippen LogP contribution is -2.15. The third-order valence-corrected chi connectivity index (χ3v) is 6.27. The fourth-order valence-corrected chi connectivity index (χ4v) is 4.69. The zero-order valence-corrected chi connectivity index (χ0v) is 16.5. The van der Waals surface area contributed by atoms with Gasteiger partial charge in [-0.15, -0.1) is 10.2 Å². The molecule has 27 heavy (non-hydrogen) atoms. The minimum Gasteiger partial charge on any atom is -0.299 e. The molecule has 3 aromatic rings. The van der Waals surface area contributed by atoms with Crippen molar-refractivity contribution in [2.45, 2.75) is 49.1 Å². The Kier molecular flexibility index (Phi) is 5.79. The van der Waals surface area contributed by atoms with Crippen LogP contribution in [0.25, 0.3) is 11.4 Å². The van der Waals surface area contributed by atoms with Gasteiger partial charge in [0.05, 0.1) is 5.56 Å². The topological polar surface area (TPSA) is 30.7 Å². The SMILES string of the molecule is Fc1ccccc1-c1nnc(SCc2ccc(Cl)cc2)n1C1CCCCC1. The van der Waals surface area contributed by atoms with Crippen LogP contribution >= 0.6 is 23.4 Å². The zero-order valence-electron chi connectivity index (χ0n) is 14.9. The van der Waals surface area contributed by atoms with E-state index in [2.05, 4.69) is 14.8 Å². The molecule has 2 aromatic carbocycles. The molecule has 3 nitrogen and oxygen atoms in total. The molecule has 6 heteroatoms. The largest absolute Gasteiger partial charge is 0.299 e. The number of benzene rings is 2. The standard InChI is InChI=1S/C21H21ClFN3S/c22-16-12-10-15(11-13-16)14-27-21-25-24-20(18-8-4-5-9-19(18)23)26(21)17-6-2-1-3-7-17/h4-5,8-13,17H,1-3,6-7,14H2. The van der Waals surface area contributed by atoms with Crippen LogP contribution < -0.4 is 0 Å². The highest BCUT2D eigenvalue weighted by molar-refractivity contribution is 7.98. The molecule has 140 valence electrons. The van der Waals surface area contributed by atoms with Gasteiger partial charge in [0.25, 0.3) is 0 Å². The molecule has 1 saturated carbocycles. The second kappa shape index (κ2) is 8.44. The number of rotatable bonds is 5. The van der Waals surface area contributed by atoms with E-state index in [-0.39, 0.29) is 5.82 Å². The fraction of sp³-hybridized carbons (Fsp3) is 0.333. The van der Waals surface area contributed by atoms with E-state index < -0.39 is 0 Å². The van der Waals surface area contributed by atoms with Crippen molar-refractivity contribution >= 4 is 23.4 Å². The van der Waals surface area contributed by atoms with Crippen LogP contribution in [0.15, 0.2) is 53.7 Å². The van der Waals surface area contributed by atoms with Gasteiger partial charge in [0.15, 0.2) is 11.0 Å². The van der Waals surface area contributed by atoms with E-state index in [4.69, 9.17) is 11.6 Å². The summed E-state index contributed by atoms with van der Waals surface area (Å²) in [6, 6.07) is 15.0. The van der Waals surface area contributed by atoms with Gasteiger partial charge in [-0.1, -0.05) is 66.9 Å². The highest BCUT2D eigenvalue weighted by Gasteiger charge is 2.25. The van der Waals surface area contributed by atoms with Crippen molar-refractivity contribution in [3.05, 3.63) is 64.9 Å². The van der Waals surface area contributed by atoms with Gasteiger partial charge >= 0.3 is 0 Å². The summed E-state index contributed by atoms with van der Waals surface area (Å²) in [5.41, 5.74) is 1.70. The number of nitrogens with zero attached hydrogens (tertiary/aromatic N) is 3. The molecule has 1 aromatic heterocycles. The highest BCUT2D eigenvalue weighted by Crippen LogP contribution is 2.36. The maximum absolute atomic E-state index is 14.4. The van der Waals surface area contributed by atoms with E-state index in [1.165, 1.54) is 30.9 Å². The van der Waals surface area contributed by atoms with Crippen molar-refractivity contribution in [3.8, 4) is 11.4 Å². The molecule has 4 rings (SSSR count). The summed E-state index contributed by atoms with van der Waals surface area (Å²) in [6.45, 7) is 0.